The minimum atomic E-state index is -2.40. The van der Waals surface area contributed by atoms with Crippen LogP contribution in [0.5, 0.6) is 0 Å². The highest BCUT2D eigenvalue weighted by Gasteiger charge is 2.10. The summed E-state index contributed by atoms with van der Waals surface area (Å²) in [6.07, 6.45) is -2.70. The summed E-state index contributed by atoms with van der Waals surface area (Å²) < 4.78 is 27.7. The fourth-order valence-electron chi connectivity index (χ4n) is 0.376. The van der Waals surface area contributed by atoms with Gasteiger partial charge in [0.25, 0.3) is 6.43 Å². The van der Waals surface area contributed by atoms with Gasteiger partial charge in [0, 0.05) is 6.04 Å². The molecule has 0 heterocycles. The van der Waals surface area contributed by atoms with E-state index in [-0.39, 0.29) is 12.1 Å². The van der Waals surface area contributed by atoms with Gasteiger partial charge in [-0.3, -0.25) is 0 Å². The van der Waals surface area contributed by atoms with Crippen LogP contribution in [0.15, 0.2) is 0 Å². The molecule has 4 heteroatoms. The van der Waals surface area contributed by atoms with Gasteiger partial charge in [-0.15, -0.1) is 0 Å². The van der Waals surface area contributed by atoms with Crippen molar-refractivity contribution in [3.05, 3.63) is 0 Å². The first-order chi connectivity index (χ1) is 4.54. The molecule has 62 valence electrons. The van der Waals surface area contributed by atoms with Crippen molar-refractivity contribution in [2.45, 2.75) is 32.4 Å². The first kappa shape index (κ1) is 9.78. The van der Waals surface area contributed by atoms with Gasteiger partial charge in [0.15, 0.2) is 0 Å². The Kier molecular flexibility index (Phi) is 4.47. The summed E-state index contributed by atoms with van der Waals surface area (Å²) in [5, 5.41) is 0. The minimum absolute atomic E-state index is 0.196. The van der Waals surface area contributed by atoms with Crippen LogP contribution in [0, 0.1) is 0 Å². The third-order valence-corrected chi connectivity index (χ3v) is 1.23. The van der Waals surface area contributed by atoms with E-state index in [1.165, 1.54) is 0 Å². The predicted molar refractivity (Wildman–Crippen MR) is 35.1 cm³/mol. The molecule has 0 aromatic rings. The quantitative estimate of drug-likeness (QED) is 0.654. The first-order valence-corrected chi connectivity index (χ1v) is 3.19. The lowest BCUT2D eigenvalue weighted by molar-refractivity contribution is -0.0237. The molecule has 0 radical (unpaired) electrons. The maximum atomic E-state index is 11.5. The monoisotopic (exact) mass is 153 g/mol. The number of hydrogen-bond donors (Lipinski definition) is 1. The molecule has 0 aromatic heterocycles. The van der Waals surface area contributed by atoms with Crippen LogP contribution >= 0.6 is 0 Å². The van der Waals surface area contributed by atoms with Crippen LogP contribution in [0.25, 0.3) is 0 Å². The van der Waals surface area contributed by atoms with Crippen molar-refractivity contribution in [1.29, 1.82) is 0 Å². The van der Waals surface area contributed by atoms with Crippen molar-refractivity contribution in [1.82, 2.24) is 0 Å². The molecule has 0 amide bonds. The van der Waals surface area contributed by atoms with Gasteiger partial charge in [-0.05, 0) is 13.8 Å². The molecule has 0 rings (SSSR count). The van der Waals surface area contributed by atoms with Crippen molar-refractivity contribution in [3.63, 3.8) is 0 Å². The number of hydrogen-bond acceptors (Lipinski definition) is 2. The van der Waals surface area contributed by atoms with E-state index >= 15 is 0 Å². The van der Waals surface area contributed by atoms with Gasteiger partial charge in [0.05, 0.1) is 6.10 Å². The molecule has 0 spiro atoms. The molecule has 0 saturated heterocycles. The summed E-state index contributed by atoms with van der Waals surface area (Å²) in [4.78, 5) is 0. The van der Waals surface area contributed by atoms with Crippen molar-refractivity contribution in [2.24, 2.45) is 5.73 Å². The Balaban J connectivity index is 3.30. The van der Waals surface area contributed by atoms with Gasteiger partial charge in [-0.1, -0.05) is 0 Å². The molecule has 0 aromatic carbocycles. The number of rotatable bonds is 4. The minimum Gasteiger partial charge on any atom is -0.371 e. The van der Waals surface area contributed by atoms with Gasteiger partial charge < -0.3 is 10.5 Å². The van der Waals surface area contributed by atoms with Crippen LogP contribution in [-0.2, 0) is 4.74 Å². The summed E-state index contributed by atoms with van der Waals surface area (Å²) >= 11 is 0. The Morgan fingerprint density at radius 1 is 1.40 bits per heavy atom. The molecule has 0 aliphatic carbocycles. The zero-order chi connectivity index (χ0) is 8.15. The number of ether oxygens (including phenoxy) is 1. The lowest BCUT2D eigenvalue weighted by Gasteiger charge is -2.15. The van der Waals surface area contributed by atoms with E-state index in [0.717, 1.165) is 0 Å². The first-order valence-electron chi connectivity index (χ1n) is 3.19. The van der Waals surface area contributed by atoms with E-state index in [0.29, 0.717) is 0 Å². The second-order valence-electron chi connectivity index (χ2n) is 2.29. The van der Waals surface area contributed by atoms with Crippen molar-refractivity contribution in [2.75, 3.05) is 6.61 Å². The number of nitrogens with two attached hydrogens (primary N) is 1. The molecule has 0 fully saturated rings. The largest absolute Gasteiger partial charge is 0.371 e. The zero-order valence-corrected chi connectivity index (χ0v) is 6.18. The van der Waals surface area contributed by atoms with Gasteiger partial charge in [-0.25, -0.2) is 8.78 Å². The van der Waals surface area contributed by atoms with Crippen LogP contribution in [0.3, 0.4) is 0 Å². The SMILES string of the molecule is CC(N)C(C)OCC(F)F. The highest BCUT2D eigenvalue weighted by Crippen LogP contribution is 1.99. The molecule has 0 saturated carbocycles. The Morgan fingerprint density at radius 2 is 1.90 bits per heavy atom. The molecule has 0 bridgehead atoms. The topological polar surface area (TPSA) is 35.2 Å². The van der Waals surface area contributed by atoms with E-state index in [9.17, 15) is 8.78 Å². The molecule has 2 unspecified atom stereocenters. The lowest BCUT2D eigenvalue weighted by Crippen LogP contribution is -2.32. The molecule has 0 aliphatic rings. The summed E-state index contributed by atoms with van der Waals surface area (Å²) in [5.41, 5.74) is 5.35. The number of alkyl halides is 2. The highest BCUT2D eigenvalue weighted by molar-refractivity contribution is 4.61. The van der Waals surface area contributed by atoms with E-state index in [1.807, 2.05) is 0 Å². The van der Waals surface area contributed by atoms with Crippen molar-refractivity contribution < 1.29 is 13.5 Å². The molecule has 2 nitrogen and oxygen atoms in total. The molecule has 0 aliphatic heterocycles. The van der Waals surface area contributed by atoms with Crippen LogP contribution in [-0.4, -0.2) is 25.2 Å². The zero-order valence-electron chi connectivity index (χ0n) is 6.18. The van der Waals surface area contributed by atoms with E-state index in [2.05, 4.69) is 4.74 Å². The van der Waals surface area contributed by atoms with Crippen molar-refractivity contribution in [3.8, 4) is 0 Å². The predicted octanol–water partition coefficient (Wildman–Crippen LogP) is 1.00. The summed E-state index contributed by atoms with van der Waals surface area (Å²) in [6.45, 7) is 2.87. The summed E-state index contributed by atoms with van der Waals surface area (Å²) in [6, 6.07) is -0.196. The van der Waals surface area contributed by atoms with Gasteiger partial charge in [0.1, 0.15) is 6.61 Å². The van der Waals surface area contributed by atoms with E-state index in [1.54, 1.807) is 13.8 Å². The fourth-order valence-corrected chi connectivity index (χ4v) is 0.376. The molecule has 2 atom stereocenters. The van der Waals surface area contributed by atoms with Crippen LogP contribution in [0.1, 0.15) is 13.8 Å². The van der Waals surface area contributed by atoms with Crippen LogP contribution < -0.4 is 5.73 Å². The van der Waals surface area contributed by atoms with E-state index in [4.69, 9.17) is 5.73 Å². The van der Waals surface area contributed by atoms with Gasteiger partial charge in [-0.2, -0.15) is 0 Å². The maximum Gasteiger partial charge on any atom is 0.261 e. The Labute approximate surface area is 59.3 Å². The Bertz CT molecular complexity index is 87.8. The third kappa shape index (κ3) is 4.64. The second kappa shape index (κ2) is 4.57. The maximum absolute atomic E-state index is 11.5. The lowest BCUT2D eigenvalue weighted by atomic mass is 10.2. The fraction of sp³-hybridized carbons (Fsp3) is 1.00. The standard InChI is InChI=1S/C6H13F2NO/c1-4(9)5(2)10-3-6(7)8/h4-6H,3,9H2,1-2H3. The normalized spacial score (nSPS) is 17.4. The Hall–Kier alpha value is -0.220. The third-order valence-electron chi connectivity index (χ3n) is 1.23. The van der Waals surface area contributed by atoms with E-state index < -0.39 is 13.0 Å². The summed E-state index contributed by atoms with van der Waals surface area (Å²) in [5.74, 6) is 0. The van der Waals surface area contributed by atoms with Gasteiger partial charge in [0.2, 0.25) is 0 Å². The summed E-state index contributed by atoms with van der Waals surface area (Å²) in [7, 11) is 0. The number of halogens is 2. The molecular weight excluding hydrogens is 140 g/mol. The molecule has 2 N–H and O–H groups in total. The highest BCUT2D eigenvalue weighted by atomic mass is 19.3. The van der Waals surface area contributed by atoms with Crippen LogP contribution in [0.4, 0.5) is 8.78 Å². The average Bonchev–Trinajstić information content (AvgIpc) is 1.82. The van der Waals surface area contributed by atoms with Crippen LogP contribution in [0.2, 0.25) is 0 Å². The molecule has 10 heavy (non-hydrogen) atoms. The second-order valence-corrected chi connectivity index (χ2v) is 2.29. The van der Waals surface area contributed by atoms with Crippen molar-refractivity contribution >= 4 is 0 Å². The smallest absolute Gasteiger partial charge is 0.261 e. The Morgan fingerprint density at radius 3 is 2.20 bits per heavy atom. The van der Waals surface area contributed by atoms with Gasteiger partial charge >= 0.3 is 0 Å². The molecular formula is C6H13F2NO. The average molecular weight is 153 g/mol.